The highest BCUT2D eigenvalue weighted by atomic mass is 79.9. The van der Waals surface area contributed by atoms with Crippen molar-refractivity contribution < 1.29 is 9.90 Å². The molecule has 3 nitrogen and oxygen atoms in total. The number of nitrogens with zero attached hydrogens (tertiary/aromatic N) is 1. The minimum atomic E-state index is -0.794. The molecule has 1 N–H and O–H groups in total. The predicted octanol–water partition coefficient (Wildman–Crippen LogP) is 2.66. The fourth-order valence-electron chi connectivity index (χ4n) is 1.43. The second-order valence-electron chi connectivity index (χ2n) is 4.00. The van der Waals surface area contributed by atoms with Gasteiger partial charge >= 0.3 is 5.97 Å². The summed E-state index contributed by atoms with van der Waals surface area (Å²) < 4.78 is 1.04. The van der Waals surface area contributed by atoms with Gasteiger partial charge in [0.1, 0.15) is 6.04 Å². The van der Waals surface area contributed by atoms with Gasteiger partial charge in [-0.3, -0.25) is 9.69 Å². The van der Waals surface area contributed by atoms with Crippen molar-refractivity contribution >= 4 is 21.9 Å². The van der Waals surface area contributed by atoms with Gasteiger partial charge in [0, 0.05) is 11.0 Å². The van der Waals surface area contributed by atoms with E-state index in [1.165, 1.54) is 5.56 Å². The Hall–Kier alpha value is -0.870. The molecule has 0 fully saturated rings. The van der Waals surface area contributed by atoms with Crippen LogP contribution in [0, 0.1) is 6.92 Å². The first-order chi connectivity index (χ1) is 7.41. The molecule has 1 unspecified atom stereocenters. The molecule has 4 heteroatoms. The molecule has 1 aromatic carbocycles. The van der Waals surface area contributed by atoms with Crippen molar-refractivity contribution in [2.24, 2.45) is 0 Å². The first-order valence-corrected chi connectivity index (χ1v) is 5.89. The zero-order valence-corrected chi connectivity index (χ0v) is 11.3. The Morgan fingerprint density at radius 1 is 1.56 bits per heavy atom. The Labute approximate surface area is 104 Å². The van der Waals surface area contributed by atoms with E-state index in [-0.39, 0.29) is 0 Å². The molecule has 0 spiro atoms. The minimum Gasteiger partial charge on any atom is -0.480 e. The molecule has 1 aromatic rings. The van der Waals surface area contributed by atoms with Gasteiger partial charge in [-0.25, -0.2) is 0 Å². The van der Waals surface area contributed by atoms with E-state index < -0.39 is 12.0 Å². The maximum atomic E-state index is 10.8. The Balaban J connectivity index is 2.77. The Morgan fingerprint density at radius 2 is 2.19 bits per heavy atom. The van der Waals surface area contributed by atoms with Crippen LogP contribution in [0.3, 0.4) is 0 Å². The van der Waals surface area contributed by atoms with Gasteiger partial charge in [0.05, 0.1) is 0 Å². The van der Waals surface area contributed by atoms with Crippen LogP contribution >= 0.6 is 15.9 Å². The number of benzene rings is 1. The average Bonchev–Trinajstić information content (AvgIpc) is 2.20. The van der Waals surface area contributed by atoms with Crippen LogP contribution in [-0.2, 0) is 11.3 Å². The van der Waals surface area contributed by atoms with E-state index in [9.17, 15) is 4.79 Å². The summed E-state index contributed by atoms with van der Waals surface area (Å²) in [5, 5.41) is 8.89. The Bertz CT molecular complexity index is 393. The molecular weight excluding hydrogens is 270 g/mol. The number of carbonyl (C=O) groups is 1. The van der Waals surface area contributed by atoms with Crippen LogP contribution in [0.5, 0.6) is 0 Å². The predicted molar refractivity (Wildman–Crippen MR) is 67.4 cm³/mol. The van der Waals surface area contributed by atoms with Crippen LogP contribution in [-0.4, -0.2) is 29.1 Å². The highest BCUT2D eigenvalue weighted by Crippen LogP contribution is 2.17. The Kier molecular flexibility index (Phi) is 4.50. The first-order valence-electron chi connectivity index (χ1n) is 5.10. The van der Waals surface area contributed by atoms with Gasteiger partial charge in [0.25, 0.3) is 0 Å². The fraction of sp³-hybridized carbons (Fsp3) is 0.417. The van der Waals surface area contributed by atoms with E-state index in [4.69, 9.17) is 5.11 Å². The number of carboxylic acids is 1. The van der Waals surface area contributed by atoms with Crippen molar-refractivity contribution in [3.05, 3.63) is 33.8 Å². The number of aryl methyl sites for hydroxylation is 1. The molecule has 16 heavy (non-hydrogen) atoms. The Morgan fingerprint density at radius 3 is 2.69 bits per heavy atom. The zero-order chi connectivity index (χ0) is 12.3. The average molecular weight is 286 g/mol. The topological polar surface area (TPSA) is 40.5 Å². The zero-order valence-electron chi connectivity index (χ0n) is 9.70. The van der Waals surface area contributed by atoms with Gasteiger partial charge in [-0.15, -0.1) is 0 Å². The van der Waals surface area contributed by atoms with Crippen molar-refractivity contribution in [2.75, 3.05) is 7.05 Å². The van der Waals surface area contributed by atoms with Crippen LogP contribution in [0.2, 0.25) is 0 Å². The van der Waals surface area contributed by atoms with E-state index in [1.807, 2.05) is 37.1 Å². The van der Waals surface area contributed by atoms with Crippen LogP contribution < -0.4 is 0 Å². The van der Waals surface area contributed by atoms with E-state index >= 15 is 0 Å². The summed E-state index contributed by atoms with van der Waals surface area (Å²) in [6.45, 7) is 4.36. The lowest BCUT2D eigenvalue weighted by atomic mass is 10.1. The smallest absolute Gasteiger partial charge is 0.320 e. The molecule has 1 rings (SSSR count). The molecule has 0 aliphatic carbocycles. The molecule has 1 atom stereocenters. The molecule has 0 heterocycles. The van der Waals surface area contributed by atoms with E-state index in [0.717, 1.165) is 10.0 Å². The van der Waals surface area contributed by atoms with Gasteiger partial charge in [0.2, 0.25) is 0 Å². The molecule has 0 amide bonds. The summed E-state index contributed by atoms with van der Waals surface area (Å²) in [6, 6.07) is 5.56. The molecule has 88 valence electrons. The molecule has 0 saturated carbocycles. The molecule has 0 aromatic heterocycles. The van der Waals surface area contributed by atoms with Crippen LogP contribution in [0.25, 0.3) is 0 Å². The number of hydrogen-bond acceptors (Lipinski definition) is 2. The highest BCUT2D eigenvalue weighted by molar-refractivity contribution is 9.10. The summed E-state index contributed by atoms with van der Waals surface area (Å²) in [4.78, 5) is 12.6. The van der Waals surface area contributed by atoms with Crippen LogP contribution in [0.4, 0.5) is 0 Å². The molecule has 0 saturated heterocycles. The van der Waals surface area contributed by atoms with Crippen molar-refractivity contribution in [3.8, 4) is 0 Å². The molecule has 0 bridgehead atoms. The number of rotatable bonds is 4. The molecular formula is C12H16BrNO2. The van der Waals surface area contributed by atoms with Gasteiger partial charge in [0.15, 0.2) is 0 Å². The number of carboxylic acid groups (broad SMARTS) is 1. The summed E-state index contributed by atoms with van der Waals surface area (Å²) in [6.07, 6.45) is 0. The minimum absolute atomic E-state index is 0.469. The van der Waals surface area contributed by atoms with E-state index in [2.05, 4.69) is 15.9 Å². The fourth-order valence-corrected chi connectivity index (χ4v) is 1.91. The van der Waals surface area contributed by atoms with Gasteiger partial charge in [-0.05, 0) is 44.2 Å². The quantitative estimate of drug-likeness (QED) is 0.925. The lowest BCUT2D eigenvalue weighted by molar-refractivity contribution is -0.142. The third kappa shape index (κ3) is 3.32. The number of likely N-dealkylation sites (N-methyl/N-ethyl adjacent to an activating group) is 1. The maximum Gasteiger partial charge on any atom is 0.320 e. The normalized spacial score (nSPS) is 12.8. The molecule has 0 aliphatic heterocycles. The third-order valence-corrected chi connectivity index (χ3v) is 3.24. The largest absolute Gasteiger partial charge is 0.480 e. The lowest BCUT2D eigenvalue weighted by Crippen LogP contribution is -2.35. The maximum absolute atomic E-state index is 10.8. The first kappa shape index (κ1) is 13.2. The van der Waals surface area contributed by atoms with Crippen LogP contribution in [0.1, 0.15) is 18.1 Å². The summed E-state index contributed by atoms with van der Waals surface area (Å²) >= 11 is 3.41. The third-order valence-electron chi connectivity index (χ3n) is 2.74. The summed E-state index contributed by atoms with van der Waals surface area (Å²) in [5.74, 6) is -0.794. The SMILES string of the molecule is Cc1cc(Br)ccc1CN(C)C(C)C(=O)O. The van der Waals surface area contributed by atoms with Crippen molar-refractivity contribution in [1.29, 1.82) is 0 Å². The van der Waals surface area contributed by atoms with Crippen molar-refractivity contribution in [2.45, 2.75) is 26.4 Å². The monoisotopic (exact) mass is 285 g/mol. The number of halogens is 1. The standard InChI is InChI=1S/C12H16BrNO2/c1-8-6-11(13)5-4-10(8)7-14(3)9(2)12(15)16/h4-6,9H,7H2,1-3H3,(H,15,16). The van der Waals surface area contributed by atoms with Crippen molar-refractivity contribution in [1.82, 2.24) is 4.90 Å². The summed E-state index contributed by atoms with van der Waals surface area (Å²) in [7, 11) is 1.82. The van der Waals surface area contributed by atoms with E-state index in [0.29, 0.717) is 6.54 Å². The molecule has 0 aliphatic rings. The van der Waals surface area contributed by atoms with Crippen molar-refractivity contribution in [3.63, 3.8) is 0 Å². The van der Waals surface area contributed by atoms with Crippen LogP contribution in [0.15, 0.2) is 22.7 Å². The van der Waals surface area contributed by atoms with E-state index in [1.54, 1.807) is 6.92 Å². The summed E-state index contributed by atoms with van der Waals surface area (Å²) in [5.41, 5.74) is 2.32. The number of aliphatic carboxylic acids is 1. The number of hydrogen-bond donors (Lipinski definition) is 1. The second-order valence-corrected chi connectivity index (χ2v) is 4.92. The lowest BCUT2D eigenvalue weighted by Gasteiger charge is -2.22. The highest BCUT2D eigenvalue weighted by Gasteiger charge is 2.17. The van der Waals surface area contributed by atoms with Gasteiger partial charge < -0.3 is 5.11 Å². The molecule has 0 radical (unpaired) electrons. The second kappa shape index (κ2) is 5.46. The van der Waals surface area contributed by atoms with Gasteiger partial charge in [-0.1, -0.05) is 22.0 Å². The van der Waals surface area contributed by atoms with Gasteiger partial charge in [-0.2, -0.15) is 0 Å².